The minimum absolute atomic E-state index is 0. The van der Waals surface area contributed by atoms with Gasteiger partial charge in [-0.3, -0.25) is 0 Å². The molecule has 4 heterocycles. The summed E-state index contributed by atoms with van der Waals surface area (Å²) in [5.74, 6) is 3.42. The van der Waals surface area contributed by atoms with Crippen molar-refractivity contribution in [2.45, 2.75) is 39.5 Å². The zero-order chi connectivity index (χ0) is 34.3. The van der Waals surface area contributed by atoms with Crippen LogP contribution < -0.4 is 25.9 Å². The van der Waals surface area contributed by atoms with Crippen molar-refractivity contribution in [2.75, 3.05) is 0 Å². The van der Waals surface area contributed by atoms with Crippen LogP contribution in [0.2, 0.25) is 0 Å². The summed E-state index contributed by atoms with van der Waals surface area (Å²) in [6, 6.07) is 46.2. The molecule has 0 saturated heterocycles. The second-order valence-electron chi connectivity index (χ2n) is 13.6. The van der Waals surface area contributed by atoms with Gasteiger partial charge in [0, 0.05) is 44.0 Å². The molecule has 6 heteroatoms. The van der Waals surface area contributed by atoms with E-state index in [-0.39, 0.29) is 26.8 Å². The van der Waals surface area contributed by atoms with E-state index in [1.54, 1.807) is 0 Å². The Kier molecular flexibility index (Phi) is 9.36. The minimum atomic E-state index is 0. The first-order valence-corrected chi connectivity index (χ1v) is 17.7. The Labute approximate surface area is 319 Å². The van der Waals surface area contributed by atoms with Gasteiger partial charge in [-0.05, 0) is 89.3 Å². The molecule has 0 unspecified atom stereocenters. The third kappa shape index (κ3) is 6.27. The molecule has 2 aromatic heterocycles. The average Bonchev–Trinajstić information content (AvgIpc) is 3.19. The zero-order valence-electron chi connectivity index (χ0n) is 29.1. The van der Waals surface area contributed by atoms with Gasteiger partial charge in [0.2, 0.25) is 6.71 Å². The number of fused-ring (bicyclic) bond motifs is 5. The van der Waals surface area contributed by atoms with Gasteiger partial charge in [0.25, 0.3) is 0 Å². The van der Waals surface area contributed by atoms with Crippen LogP contribution in [0.3, 0.4) is 0 Å². The summed E-state index contributed by atoms with van der Waals surface area (Å²) in [5.41, 5.74) is 14.9. The van der Waals surface area contributed by atoms with Crippen molar-refractivity contribution in [3.8, 4) is 56.6 Å². The second kappa shape index (κ2) is 14.4. The Morgan fingerprint density at radius 3 is 2.08 bits per heavy atom. The molecule has 0 atom stereocenters. The number of para-hydroxylation sites is 2. The Balaban J connectivity index is 0.000000161. The largest absolute Gasteiger partial charge is 0.503 e. The summed E-state index contributed by atoms with van der Waals surface area (Å²) in [5, 5.41) is 0. The molecule has 7 aromatic rings. The minimum Gasteiger partial charge on any atom is -0.503 e. The zero-order valence-corrected chi connectivity index (χ0v) is 31.5. The maximum atomic E-state index is 6.52. The molecular formula is C46H35BIrN2O2-2. The summed E-state index contributed by atoms with van der Waals surface area (Å²) >= 11 is 0. The second-order valence-corrected chi connectivity index (χ2v) is 13.6. The number of hydrogen-bond donors (Lipinski definition) is 0. The van der Waals surface area contributed by atoms with Crippen LogP contribution in [-0.2, 0) is 32.9 Å². The number of pyridine rings is 2. The van der Waals surface area contributed by atoms with E-state index in [0.717, 1.165) is 63.8 Å². The molecule has 4 nitrogen and oxygen atoms in total. The van der Waals surface area contributed by atoms with Crippen LogP contribution in [0, 0.1) is 26.0 Å². The average molecular weight is 851 g/mol. The Morgan fingerprint density at radius 1 is 0.635 bits per heavy atom. The SMILES string of the molecule is Cc1c[c-]c(-c2cc(-c3ccccc3)c(C)cn2)cc1.[Ir].[c-]1cc2c3c(c1-c1cc4c(cn1)CCCC4)Oc1ccccc1B3c1ccccc1O2. The van der Waals surface area contributed by atoms with E-state index in [1.807, 2.05) is 54.9 Å². The number of rotatable bonds is 3. The summed E-state index contributed by atoms with van der Waals surface area (Å²) in [4.78, 5) is 9.35. The maximum Gasteiger partial charge on any atom is 0.239 e. The first-order valence-electron chi connectivity index (χ1n) is 17.7. The van der Waals surface area contributed by atoms with Crippen molar-refractivity contribution in [3.05, 3.63) is 162 Å². The molecular weight excluding hydrogens is 816 g/mol. The smallest absolute Gasteiger partial charge is 0.239 e. The third-order valence-electron chi connectivity index (χ3n) is 10.2. The number of nitrogens with zero attached hydrogens (tertiary/aromatic N) is 2. The van der Waals surface area contributed by atoms with E-state index >= 15 is 0 Å². The van der Waals surface area contributed by atoms with Crippen molar-refractivity contribution in [2.24, 2.45) is 0 Å². The first kappa shape index (κ1) is 33.8. The fraction of sp³-hybridized carbons (Fsp3) is 0.130. The maximum absolute atomic E-state index is 6.52. The van der Waals surface area contributed by atoms with Crippen molar-refractivity contribution in [3.63, 3.8) is 0 Å². The summed E-state index contributed by atoms with van der Waals surface area (Å²) in [6.07, 6.45) is 8.72. The molecule has 0 fully saturated rings. The van der Waals surface area contributed by atoms with Crippen molar-refractivity contribution in [1.29, 1.82) is 0 Å². The fourth-order valence-corrected chi connectivity index (χ4v) is 7.53. The van der Waals surface area contributed by atoms with E-state index in [1.165, 1.54) is 57.1 Å². The van der Waals surface area contributed by atoms with Crippen LogP contribution in [0.5, 0.6) is 23.0 Å². The molecule has 1 aliphatic carbocycles. The summed E-state index contributed by atoms with van der Waals surface area (Å²) < 4.78 is 12.8. The predicted octanol–water partition coefficient (Wildman–Crippen LogP) is 8.99. The van der Waals surface area contributed by atoms with E-state index in [2.05, 4.69) is 104 Å². The molecule has 3 aliphatic rings. The number of aromatic nitrogens is 2. The molecule has 0 saturated carbocycles. The topological polar surface area (TPSA) is 44.2 Å². The van der Waals surface area contributed by atoms with Crippen LogP contribution >= 0.6 is 0 Å². The Bertz CT molecular complexity index is 2400. The molecule has 0 N–H and O–H groups in total. The van der Waals surface area contributed by atoms with E-state index < -0.39 is 0 Å². The molecule has 0 amide bonds. The van der Waals surface area contributed by atoms with Gasteiger partial charge in [0.1, 0.15) is 11.5 Å². The molecule has 10 rings (SSSR count). The van der Waals surface area contributed by atoms with Crippen LogP contribution in [0.25, 0.3) is 33.6 Å². The Hall–Kier alpha value is -5.29. The van der Waals surface area contributed by atoms with Crippen molar-refractivity contribution >= 4 is 23.1 Å². The standard InChI is InChI=1S/C27H19BNO2.C19H16N.Ir/c1-2-8-18-16-29-22(15-17(18)7-1)19-13-14-25-26-27(19)31-24-12-6-4-10-21(24)28(26)20-9-3-5-11-23(20)30-25;1-14-8-10-17(11-9-14)19-12-18(15(2)13-20-19)16-6-4-3-5-7-16;/h3-6,9-12,14-16H,1-2,7-8H2;3-10,12-13H,1-2H3;/q2*-1;. The Morgan fingerprint density at radius 2 is 1.33 bits per heavy atom. The predicted molar refractivity (Wildman–Crippen MR) is 206 cm³/mol. The quantitative estimate of drug-likeness (QED) is 0.132. The first-order chi connectivity index (χ1) is 25.1. The fourth-order valence-electron chi connectivity index (χ4n) is 7.53. The normalized spacial score (nSPS) is 13.0. The molecule has 5 aromatic carbocycles. The van der Waals surface area contributed by atoms with Gasteiger partial charge >= 0.3 is 0 Å². The van der Waals surface area contributed by atoms with Crippen molar-refractivity contribution in [1.82, 2.24) is 9.97 Å². The summed E-state index contributed by atoms with van der Waals surface area (Å²) in [6.45, 7) is 4.24. The summed E-state index contributed by atoms with van der Waals surface area (Å²) in [7, 11) is 0. The van der Waals surface area contributed by atoms with Crippen LogP contribution in [0.4, 0.5) is 0 Å². The van der Waals surface area contributed by atoms with Gasteiger partial charge in [0.05, 0.1) is 0 Å². The van der Waals surface area contributed by atoms with Crippen LogP contribution in [-0.4, -0.2) is 16.7 Å². The van der Waals surface area contributed by atoms with Gasteiger partial charge in [-0.25, -0.2) is 0 Å². The van der Waals surface area contributed by atoms with Gasteiger partial charge < -0.3 is 19.4 Å². The van der Waals surface area contributed by atoms with Crippen LogP contribution in [0.1, 0.15) is 35.1 Å². The van der Waals surface area contributed by atoms with Gasteiger partial charge in [-0.2, -0.15) is 0 Å². The molecule has 255 valence electrons. The molecule has 0 spiro atoms. The molecule has 1 radical (unpaired) electrons. The third-order valence-corrected chi connectivity index (χ3v) is 10.2. The van der Waals surface area contributed by atoms with Gasteiger partial charge in [-0.1, -0.05) is 102 Å². The number of benzene rings is 5. The van der Waals surface area contributed by atoms with Crippen molar-refractivity contribution < 1.29 is 29.6 Å². The van der Waals surface area contributed by atoms with Crippen LogP contribution in [0.15, 0.2) is 128 Å². The van der Waals surface area contributed by atoms with E-state index in [4.69, 9.17) is 14.5 Å². The number of ether oxygens (including phenoxy) is 2. The van der Waals surface area contributed by atoms with E-state index in [9.17, 15) is 0 Å². The molecule has 2 aliphatic heterocycles. The van der Waals surface area contributed by atoms with Gasteiger partial charge in [-0.15, -0.1) is 47.5 Å². The van der Waals surface area contributed by atoms with E-state index in [0.29, 0.717) is 0 Å². The number of hydrogen-bond acceptors (Lipinski definition) is 4. The molecule has 0 bridgehead atoms. The number of aryl methyl sites for hydroxylation is 4. The van der Waals surface area contributed by atoms with Gasteiger partial charge in [0.15, 0.2) is 0 Å². The molecule has 52 heavy (non-hydrogen) atoms. The monoisotopic (exact) mass is 851 g/mol.